The molecule has 144 valence electrons. The van der Waals surface area contributed by atoms with Gasteiger partial charge in [0.15, 0.2) is 0 Å². The van der Waals surface area contributed by atoms with Gasteiger partial charge in [-0.3, -0.25) is 4.79 Å². The van der Waals surface area contributed by atoms with E-state index >= 15 is 0 Å². The Morgan fingerprint density at radius 1 is 0.897 bits per heavy atom. The van der Waals surface area contributed by atoms with Crippen LogP contribution in [0.4, 0.5) is 5.69 Å². The smallest absolute Gasteiger partial charge is 0.256 e. The lowest BCUT2D eigenvalue weighted by molar-refractivity contribution is 0.102. The van der Waals surface area contributed by atoms with Crippen molar-refractivity contribution >= 4 is 22.5 Å². The van der Waals surface area contributed by atoms with Gasteiger partial charge >= 0.3 is 0 Å². The first-order valence-corrected chi connectivity index (χ1v) is 9.49. The zero-order valence-corrected chi connectivity index (χ0v) is 16.7. The number of hydrogen-bond acceptors (Lipinski definition) is 3. The molecule has 4 aromatic rings. The summed E-state index contributed by atoms with van der Waals surface area (Å²) in [5, 5.41) is 3.91. The summed E-state index contributed by atoms with van der Waals surface area (Å²) in [6, 6.07) is 23.3. The Hall–Kier alpha value is -3.66. The van der Waals surface area contributed by atoms with Gasteiger partial charge in [-0.25, -0.2) is 4.98 Å². The number of rotatable bonds is 4. The second-order valence-electron chi connectivity index (χ2n) is 6.98. The average Bonchev–Trinajstić information content (AvgIpc) is 2.75. The number of aryl methyl sites for hydroxylation is 1. The molecular weight excluding hydrogens is 360 g/mol. The van der Waals surface area contributed by atoms with E-state index in [0.29, 0.717) is 5.56 Å². The second-order valence-corrected chi connectivity index (χ2v) is 6.98. The molecule has 3 aromatic carbocycles. The minimum atomic E-state index is -0.134. The maximum atomic E-state index is 13.3. The maximum Gasteiger partial charge on any atom is 0.256 e. The van der Waals surface area contributed by atoms with E-state index in [1.807, 2.05) is 86.6 Å². The summed E-state index contributed by atoms with van der Waals surface area (Å²) in [5.74, 6) is 0.648. The third-order valence-corrected chi connectivity index (χ3v) is 5.12. The number of hydrogen-bond donors (Lipinski definition) is 1. The van der Waals surface area contributed by atoms with Crippen LogP contribution in [-0.4, -0.2) is 18.0 Å². The first-order chi connectivity index (χ1) is 14.1. The van der Waals surface area contributed by atoms with Gasteiger partial charge in [-0.05, 0) is 61.4 Å². The van der Waals surface area contributed by atoms with E-state index < -0.39 is 0 Å². The number of aromatic nitrogens is 1. The predicted molar refractivity (Wildman–Crippen MR) is 118 cm³/mol. The van der Waals surface area contributed by atoms with E-state index in [1.165, 1.54) is 0 Å². The molecule has 0 bridgehead atoms. The molecule has 0 saturated heterocycles. The molecule has 1 aromatic heterocycles. The zero-order chi connectivity index (χ0) is 20.4. The van der Waals surface area contributed by atoms with Crippen molar-refractivity contribution in [3.05, 3.63) is 89.5 Å². The van der Waals surface area contributed by atoms with Gasteiger partial charge in [0.25, 0.3) is 5.91 Å². The monoisotopic (exact) mass is 382 g/mol. The van der Waals surface area contributed by atoms with Crippen LogP contribution in [0.25, 0.3) is 22.2 Å². The van der Waals surface area contributed by atoms with Crippen molar-refractivity contribution in [1.29, 1.82) is 0 Å². The number of para-hydroxylation sites is 2. The van der Waals surface area contributed by atoms with Crippen LogP contribution in [0.15, 0.2) is 72.8 Å². The highest BCUT2D eigenvalue weighted by atomic mass is 16.5. The van der Waals surface area contributed by atoms with Gasteiger partial charge < -0.3 is 10.1 Å². The largest absolute Gasteiger partial charge is 0.497 e. The van der Waals surface area contributed by atoms with Crippen LogP contribution in [0.2, 0.25) is 0 Å². The SMILES string of the molecule is COc1ccc(-c2nc3ccccc3c(C(=O)Nc3ccccc3C)c2C)cc1. The van der Waals surface area contributed by atoms with E-state index in [0.717, 1.165) is 44.7 Å². The molecule has 29 heavy (non-hydrogen) atoms. The van der Waals surface area contributed by atoms with E-state index in [-0.39, 0.29) is 5.91 Å². The number of fused-ring (bicyclic) bond motifs is 1. The fraction of sp³-hybridized carbons (Fsp3) is 0.120. The van der Waals surface area contributed by atoms with E-state index in [1.54, 1.807) is 7.11 Å². The summed E-state index contributed by atoms with van der Waals surface area (Å²) in [4.78, 5) is 18.2. The highest BCUT2D eigenvalue weighted by Crippen LogP contribution is 2.31. The number of pyridine rings is 1. The van der Waals surface area contributed by atoms with Crippen LogP contribution in [0.5, 0.6) is 5.75 Å². The molecule has 0 fully saturated rings. The Labute approximate surface area is 170 Å². The lowest BCUT2D eigenvalue weighted by Gasteiger charge is -2.16. The molecule has 0 aliphatic heterocycles. The average molecular weight is 382 g/mol. The number of nitrogens with one attached hydrogen (secondary N) is 1. The number of methoxy groups -OCH3 is 1. The molecule has 0 unspecified atom stereocenters. The van der Waals surface area contributed by atoms with Gasteiger partial charge in [0, 0.05) is 16.6 Å². The van der Waals surface area contributed by atoms with Gasteiger partial charge in [0.1, 0.15) is 5.75 Å². The molecular formula is C25H22N2O2. The molecule has 4 heteroatoms. The molecule has 1 N–H and O–H groups in total. The van der Waals surface area contributed by atoms with E-state index in [2.05, 4.69) is 5.32 Å². The molecule has 4 nitrogen and oxygen atoms in total. The fourth-order valence-electron chi connectivity index (χ4n) is 3.53. The minimum Gasteiger partial charge on any atom is -0.497 e. The van der Waals surface area contributed by atoms with Crippen molar-refractivity contribution in [1.82, 2.24) is 4.98 Å². The normalized spacial score (nSPS) is 10.7. The summed E-state index contributed by atoms with van der Waals surface area (Å²) in [6.45, 7) is 3.93. The molecule has 0 spiro atoms. The molecule has 4 rings (SSSR count). The molecule has 0 aliphatic rings. The maximum absolute atomic E-state index is 13.3. The third-order valence-electron chi connectivity index (χ3n) is 5.12. The summed E-state index contributed by atoms with van der Waals surface area (Å²) in [7, 11) is 1.64. The number of ether oxygens (including phenoxy) is 1. The van der Waals surface area contributed by atoms with E-state index in [4.69, 9.17) is 9.72 Å². The van der Waals surface area contributed by atoms with Crippen molar-refractivity contribution < 1.29 is 9.53 Å². The number of carbonyl (C=O) groups is 1. The van der Waals surface area contributed by atoms with Crippen molar-refractivity contribution in [2.45, 2.75) is 13.8 Å². The lowest BCUT2D eigenvalue weighted by Crippen LogP contribution is -2.16. The Bertz CT molecular complexity index is 1200. The Morgan fingerprint density at radius 3 is 2.31 bits per heavy atom. The van der Waals surface area contributed by atoms with Crippen LogP contribution >= 0.6 is 0 Å². The number of nitrogens with zero attached hydrogens (tertiary/aromatic N) is 1. The molecule has 0 atom stereocenters. The van der Waals surface area contributed by atoms with Gasteiger partial charge in [-0.15, -0.1) is 0 Å². The highest BCUT2D eigenvalue weighted by Gasteiger charge is 2.19. The molecule has 1 heterocycles. The van der Waals surface area contributed by atoms with Crippen LogP contribution in [-0.2, 0) is 0 Å². The van der Waals surface area contributed by atoms with Gasteiger partial charge in [-0.1, -0.05) is 36.4 Å². The molecule has 0 radical (unpaired) electrons. The highest BCUT2D eigenvalue weighted by molar-refractivity contribution is 6.14. The predicted octanol–water partition coefficient (Wildman–Crippen LogP) is 5.78. The molecule has 0 saturated carbocycles. The number of benzene rings is 3. The van der Waals surface area contributed by atoms with Crippen LogP contribution in [0.1, 0.15) is 21.5 Å². The quantitative estimate of drug-likeness (QED) is 0.487. The van der Waals surface area contributed by atoms with Gasteiger partial charge in [0.05, 0.1) is 23.9 Å². The summed E-state index contributed by atoms with van der Waals surface area (Å²) >= 11 is 0. The second kappa shape index (κ2) is 7.76. The summed E-state index contributed by atoms with van der Waals surface area (Å²) in [6.07, 6.45) is 0. The molecule has 1 amide bonds. The Morgan fingerprint density at radius 2 is 1.59 bits per heavy atom. The van der Waals surface area contributed by atoms with Crippen molar-refractivity contribution in [3.63, 3.8) is 0 Å². The fourth-order valence-corrected chi connectivity index (χ4v) is 3.53. The van der Waals surface area contributed by atoms with Crippen molar-refractivity contribution in [3.8, 4) is 17.0 Å². The first kappa shape index (κ1) is 18.7. The Balaban J connectivity index is 1.86. The van der Waals surface area contributed by atoms with Gasteiger partial charge in [-0.2, -0.15) is 0 Å². The van der Waals surface area contributed by atoms with Crippen LogP contribution in [0, 0.1) is 13.8 Å². The van der Waals surface area contributed by atoms with Crippen molar-refractivity contribution in [2.24, 2.45) is 0 Å². The summed E-state index contributed by atoms with van der Waals surface area (Å²) in [5.41, 5.74) is 5.85. The number of carbonyl (C=O) groups excluding carboxylic acids is 1. The Kier molecular flexibility index (Phi) is 5.00. The standard InChI is InChI=1S/C25H22N2O2/c1-16-8-4-6-10-21(16)27-25(28)23-17(2)24(18-12-14-19(29-3)15-13-18)26-22-11-7-5-9-20(22)23/h4-15H,1-3H3,(H,27,28). The van der Waals surface area contributed by atoms with Crippen LogP contribution < -0.4 is 10.1 Å². The number of amides is 1. The zero-order valence-electron chi connectivity index (χ0n) is 16.7. The first-order valence-electron chi connectivity index (χ1n) is 9.49. The van der Waals surface area contributed by atoms with Gasteiger partial charge in [0.2, 0.25) is 0 Å². The van der Waals surface area contributed by atoms with Crippen LogP contribution in [0.3, 0.4) is 0 Å². The van der Waals surface area contributed by atoms with E-state index in [9.17, 15) is 4.79 Å². The molecule has 0 aliphatic carbocycles. The van der Waals surface area contributed by atoms with Crippen molar-refractivity contribution in [2.75, 3.05) is 12.4 Å². The minimum absolute atomic E-state index is 0.134. The lowest BCUT2D eigenvalue weighted by atomic mass is 9.97. The number of anilines is 1. The topological polar surface area (TPSA) is 51.2 Å². The third kappa shape index (κ3) is 3.57. The summed E-state index contributed by atoms with van der Waals surface area (Å²) < 4.78 is 5.26.